The zero-order valence-corrected chi connectivity index (χ0v) is 15.2. The van der Waals surface area contributed by atoms with Gasteiger partial charge in [0.2, 0.25) is 0 Å². The highest BCUT2D eigenvalue weighted by molar-refractivity contribution is 5.97. The van der Waals surface area contributed by atoms with Crippen molar-refractivity contribution in [1.82, 2.24) is 14.9 Å². The summed E-state index contributed by atoms with van der Waals surface area (Å²) in [5, 5.41) is 0.960. The number of likely N-dealkylation sites (tertiary alicyclic amines) is 1. The molecule has 1 saturated heterocycles. The summed E-state index contributed by atoms with van der Waals surface area (Å²) < 4.78 is 5.37. The van der Waals surface area contributed by atoms with E-state index < -0.39 is 0 Å². The third kappa shape index (κ3) is 2.79. The van der Waals surface area contributed by atoms with Crippen molar-refractivity contribution in [1.29, 1.82) is 0 Å². The molecule has 0 saturated carbocycles. The summed E-state index contributed by atoms with van der Waals surface area (Å²) in [5.41, 5.74) is 4.79. The van der Waals surface area contributed by atoms with Crippen LogP contribution >= 0.6 is 0 Å². The van der Waals surface area contributed by atoms with Gasteiger partial charge < -0.3 is 14.3 Å². The molecule has 2 aromatic heterocycles. The summed E-state index contributed by atoms with van der Waals surface area (Å²) in [5.74, 6) is 1.31. The number of H-pyrrole nitrogens is 1. The Balaban J connectivity index is 1.40. The number of rotatable bonds is 2. The predicted molar refractivity (Wildman–Crippen MR) is 105 cm³/mol. The number of imidazole rings is 1. The van der Waals surface area contributed by atoms with Gasteiger partial charge in [-0.1, -0.05) is 12.1 Å². The normalized spacial score (nSPS) is 17.7. The van der Waals surface area contributed by atoms with Crippen LogP contribution in [0.3, 0.4) is 0 Å². The van der Waals surface area contributed by atoms with Gasteiger partial charge >= 0.3 is 0 Å². The van der Waals surface area contributed by atoms with E-state index in [-0.39, 0.29) is 11.8 Å². The largest absolute Gasteiger partial charge is 0.464 e. The van der Waals surface area contributed by atoms with Gasteiger partial charge in [-0.3, -0.25) is 4.79 Å². The molecule has 3 heterocycles. The molecule has 1 aliphatic heterocycles. The Kier molecular flexibility index (Phi) is 3.74. The number of aryl methyl sites for hydroxylation is 1. The lowest BCUT2D eigenvalue weighted by molar-refractivity contribution is 0.0705. The predicted octanol–water partition coefficient (Wildman–Crippen LogP) is 4.64. The van der Waals surface area contributed by atoms with Crippen LogP contribution in [0, 0.1) is 6.92 Å². The van der Waals surface area contributed by atoms with Gasteiger partial charge in [0.05, 0.1) is 17.3 Å². The van der Waals surface area contributed by atoms with Crippen molar-refractivity contribution in [2.24, 2.45) is 0 Å². The summed E-state index contributed by atoms with van der Waals surface area (Å²) in [6.45, 7) is 3.56. The molecular formula is C22H21N3O2. The van der Waals surface area contributed by atoms with E-state index in [2.05, 4.69) is 24.0 Å². The third-order valence-electron chi connectivity index (χ3n) is 5.53. The highest BCUT2D eigenvalue weighted by Crippen LogP contribution is 2.29. The summed E-state index contributed by atoms with van der Waals surface area (Å²) in [6.07, 6.45) is 3.68. The molecule has 0 aliphatic carbocycles. The fourth-order valence-electron chi connectivity index (χ4n) is 4.06. The Bertz CT molecular complexity index is 1140. The third-order valence-corrected chi connectivity index (χ3v) is 5.53. The van der Waals surface area contributed by atoms with Crippen LogP contribution in [0.2, 0.25) is 0 Å². The van der Waals surface area contributed by atoms with Crippen LogP contribution < -0.4 is 0 Å². The molecule has 27 heavy (non-hydrogen) atoms. The minimum Gasteiger partial charge on any atom is -0.464 e. The maximum absolute atomic E-state index is 13.0. The first-order chi connectivity index (χ1) is 13.2. The lowest BCUT2D eigenvalue weighted by atomic mass is 9.96. The summed E-state index contributed by atoms with van der Waals surface area (Å²) >= 11 is 0. The average Bonchev–Trinajstić information content (AvgIpc) is 3.34. The number of furan rings is 1. The Labute approximate surface area is 157 Å². The van der Waals surface area contributed by atoms with Gasteiger partial charge in [0.1, 0.15) is 11.4 Å². The number of carbonyl (C=O) groups is 1. The van der Waals surface area contributed by atoms with Gasteiger partial charge in [0, 0.05) is 30.0 Å². The van der Waals surface area contributed by atoms with E-state index in [0.29, 0.717) is 12.1 Å². The topological polar surface area (TPSA) is 62.1 Å². The zero-order chi connectivity index (χ0) is 18.4. The summed E-state index contributed by atoms with van der Waals surface area (Å²) in [6, 6.07) is 13.7. The lowest BCUT2D eigenvalue weighted by Crippen LogP contribution is -2.39. The van der Waals surface area contributed by atoms with E-state index in [0.717, 1.165) is 47.2 Å². The second kappa shape index (κ2) is 6.27. The maximum atomic E-state index is 13.0. The van der Waals surface area contributed by atoms with E-state index in [1.807, 2.05) is 35.2 Å². The molecule has 4 aromatic rings. The summed E-state index contributed by atoms with van der Waals surface area (Å²) in [7, 11) is 0. The number of carbonyl (C=O) groups excluding carboxylic acids is 1. The van der Waals surface area contributed by atoms with Gasteiger partial charge in [-0.25, -0.2) is 4.98 Å². The molecule has 0 bridgehead atoms. The van der Waals surface area contributed by atoms with Crippen molar-refractivity contribution in [2.45, 2.75) is 25.7 Å². The zero-order valence-electron chi connectivity index (χ0n) is 15.2. The first kappa shape index (κ1) is 16.1. The Morgan fingerprint density at radius 1 is 1.26 bits per heavy atom. The number of benzene rings is 2. The molecule has 2 aromatic carbocycles. The highest BCUT2D eigenvalue weighted by Gasteiger charge is 2.27. The lowest BCUT2D eigenvalue weighted by Gasteiger charge is -2.32. The van der Waals surface area contributed by atoms with Crippen LogP contribution in [-0.4, -0.2) is 33.9 Å². The van der Waals surface area contributed by atoms with Gasteiger partial charge in [0.25, 0.3) is 5.91 Å². The quantitative estimate of drug-likeness (QED) is 0.567. The smallest absolute Gasteiger partial charge is 0.253 e. The van der Waals surface area contributed by atoms with Crippen LogP contribution in [0.5, 0.6) is 0 Å². The van der Waals surface area contributed by atoms with Crippen molar-refractivity contribution in [2.75, 3.05) is 13.1 Å². The maximum Gasteiger partial charge on any atom is 0.253 e. The number of hydrogen-bond acceptors (Lipinski definition) is 3. The first-order valence-corrected chi connectivity index (χ1v) is 9.41. The molecule has 1 atom stereocenters. The van der Waals surface area contributed by atoms with Crippen molar-refractivity contribution in [3.63, 3.8) is 0 Å². The molecule has 136 valence electrons. The summed E-state index contributed by atoms with van der Waals surface area (Å²) in [4.78, 5) is 23.3. The molecule has 0 spiro atoms. The average molecular weight is 359 g/mol. The van der Waals surface area contributed by atoms with E-state index in [9.17, 15) is 4.79 Å². The highest BCUT2D eigenvalue weighted by atomic mass is 16.3. The minimum atomic E-state index is 0.0788. The molecule has 1 N–H and O–H groups in total. The second-order valence-corrected chi connectivity index (χ2v) is 7.36. The Hall–Kier alpha value is -3.08. The molecule has 1 fully saturated rings. The van der Waals surface area contributed by atoms with Crippen molar-refractivity contribution in [3.8, 4) is 0 Å². The molecule has 1 aliphatic rings. The molecule has 1 amide bonds. The fourth-order valence-corrected chi connectivity index (χ4v) is 4.06. The monoisotopic (exact) mass is 359 g/mol. The molecule has 5 heteroatoms. The van der Waals surface area contributed by atoms with Crippen molar-refractivity contribution in [3.05, 3.63) is 65.7 Å². The number of nitrogens with zero attached hydrogens (tertiary/aromatic N) is 2. The number of aromatic nitrogens is 2. The second-order valence-electron chi connectivity index (χ2n) is 7.36. The number of fused-ring (bicyclic) bond motifs is 2. The number of piperidine rings is 1. The van der Waals surface area contributed by atoms with Gasteiger partial charge in [-0.2, -0.15) is 0 Å². The standard InChI is InChI=1S/C22H21N3O2/c1-14-4-2-6-18-20(14)24-21(23-18)17-5-3-10-25(13-17)22(26)16-7-8-19-15(12-16)9-11-27-19/h2,4,6-9,11-12,17H,3,5,10,13H2,1H3,(H,23,24)/t17-/m0/s1. The van der Waals surface area contributed by atoms with Crippen molar-refractivity contribution < 1.29 is 9.21 Å². The minimum absolute atomic E-state index is 0.0788. The van der Waals surface area contributed by atoms with E-state index in [1.54, 1.807) is 6.26 Å². The van der Waals surface area contributed by atoms with Crippen LogP contribution in [0.25, 0.3) is 22.0 Å². The molecule has 0 unspecified atom stereocenters. The van der Waals surface area contributed by atoms with Gasteiger partial charge in [-0.15, -0.1) is 0 Å². The number of nitrogens with one attached hydrogen (secondary N) is 1. The Morgan fingerprint density at radius 3 is 3.07 bits per heavy atom. The van der Waals surface area contributed by atoms with Gasteiger partial charge in [-0.05, 0) is 55.7 Å². The van der Waals surface area contributed by atoms with E-state index >= 15 is 0 Å². The number of aromatic amines is 1. The molecule has 0 radical (unpaired) electrons. The van der Waals surface area contributed by atoms with Crippen LogP contribution in [0.1, 0.15) is 40.5 Å². The molecule has 5 nitrogen and oxygen atoms in total. The Morgan fingerprint density at radius 2 is 2.19 bits per heavy atom. The number of amides is 1. The molecular weight excluding hydrogens is 338 g/mol. The van der Waals surface area contributed by atoms with Crippen LogP contribution in [0.15, 0.2) is 53.1 Å². The van der Waals surface area contributed by atoms with Crippen LogP contribution in [0.4, 0.5) is 0 Å². The molecule has 5 rings (SSSR count). The van der Waals surface area contributed by atoms with Crippen molar-refractivity contribution >= 4 is 27.9 Å². The van der Waals surface area contributed by atoms with Gasteiger partial charge in [0.15, 0.2) is 0 Å². The number of hydrogen-bond donors (Lipinski definition) is 1. The SMILES string of the molecule is Cc1cccc2[nH]c([C@H]3CCCN(C(=O)c4ccc5occc5c4)C3)nc12. The fraction of sp³-hybridized carbons (Fsp3) is 0.273. The van der Waals surface area contributed by atoms with E-state index in [1.165, 1.54) is 5.56 Å². The van der Waals surface area contributed by atoms with E-state index in [4.69, 9.17) is 9.40 Å². The van der Waals surface area contributed by atoms with Crippen LogP contribution in [-0.2, 0) is 0 Å². The number of para-hydroxylation sites is 1. The first-order valence-electron chi connectivity index (χ1n) is 9.41.